The van der Waals surface area contributed by atoms with Gasteiger partial charge in [-0.3, -0.25) is 4.79 Å². The van der Waals surface area contributed by atoms with E-state index in [1.807, 2.05) is 0 Å². The number of hydrogen-bond donors (Lipinski definition) is 2. The molecule has 108 valence electrons. The monoisotopic (exact) mass is 293 g/mol. The first-order chi connectivity index (χ1) is 9.67. The summed E-state index contributed by atoms with van der Waals surface area (Å²) < 4.78 is 0. The fourth-order valence-corrected chi connectivity index (χ4v) is 1.86. The lowest BCUT2D eigenvalue weighted by Crippen LogP contribution is -2.12. The number of nitrogens with one attached hydrogen (secondary N) is 1. The lowest BCUT2D eigenvalue weighted by Gasteiger charge is -2.08. The van der Waals surface area contributed by atoms with Crippen LogP contribution in [-0.2, 0) is 4.79 Å². The number of carbonyl (C=O) groups is 1. The van der Waals surface area contributed by atoms with E-state index in [9.17, 15) is 4.79 Å². The van der Waals surface area contributed by atoms with Gasteiger partial charge in [-0.15, -0.1) is 0 Å². The average molecular weight is 294 g/mol. The first-order valence-electron chi connectivity index (χ1n) is 6.86. The maximum absolute atomic E-state index is 11.8. The predicted octanol–water partition coefficient (Wildman–Crippen LogP) is 3.59. The molecule has 0 aliphatic rings. The molecule has 0 radical (unpaired) electrons. The Labute approximate surface area is 125 Å². The van der Waals surface area contributed by atoms with Crippen LogP contribution in [0.5, 0.6) is 0 Å². The summed E-state index contributed by atoms with van der Waals surface area (Å²) in [6.07, 6.45) is 3.93. The summed E-state index contributed by atoms with van der Waals surface area (Å²) in [4.78, 5) is 11.8. The molecule has 1 aromatic rings. The molecule has 0 spiro atoms. The van der Waals surface area contributed by atoms with Crippen LogP contribution >= 0.6 is 11.6 Å². The van der Waals surface area contributed by atoms with Gasteiger partial charge in [0, 0.05) is 23.4 Å². The number of hydrogen-bond acceptors (Lipinski definition) is 2. The van der Waals surface area contributed by atoms with Crippen LogP contribution < -0.4 is 5.32 Å². The first kappa shape index (κ1) is 16.6. The number of rotatable bonds is 6. The van der Waals surface area contributed by atoms with Crippen LogP contribution in [0.4, 0.5) is 5.69 Å². The molecule has 0 bridgehead atoms. The fourth-order valence-electron chi connectivity index (χ4n) is 1.69. The Balaban J connectivity index is 2.74. The Hall–Kier alpha value is -1.50. The lowest BCUT2D eigenvalue weighted by molar-refractivity contribution is -0.116. The predicted molar refractivity (Wildman–Crippen MR) is 82.8 cm³/mol. The Kier molecular flexibility index (Phi) is 7.79. The molecule has 4 heteroatoms. The second kappa shape index (κ2) is 9.41. The number of halogens is 1. The largest absolute Gasteiger partial charge is 0.395 e. The van der Waals surface area contributed by atoms with Gasteiger partial charge in [0.05, 0.1) is 12.3 Å². The maximum atomic E-state index is 11.8. The zero-order valence-electron chi connectivity index (χ0n) is 11.7. The van der Waals surface area contributed by atoms with Gasteiger partial charge in [-0.2, -0.15) is 0 Å². The van der Waals surface area contributed by atoms with E-state index in [1.165, 1.54) is 0 Å². The topological polar surface area (TPSA) is 49.3 Å². The summed E-state index contributed by atoms with van der Waals surface area (Å²) >= 11 is 5.95. The number of aliphatic hydroxyl groups is 1. The molecule has 1 amide bonds. The van der Waals surface area contributed by atoms with Gasteiger partial charge in [0.1, 0.15) is 0 Å². The Morgan fingerprint density at radius 1 is 1.40 bits per heavy atom. The van der Waals surface area contributed by atoms with E-state index in [1.54, 1.807) is 18.2 Å². The molecule has 2 N–H and O–H groups in total. The van der Waals surface area contributed by atoms with E-state index in [0.717, 1.165) is 19.3 Å². The molecule has 0 heterocycles. The average Bonchev–Trinajstić information content (AvgIpc) is 2.42. The normalized spacial score (nSPS) is 9.75. The zero-order chi connectivity index (χ0) is 14.8. The van der Waals surface area contributed by atoms with Gasteiger partial charge < -0.3 is 10.4 Å². The van der Waals surface area contributed by atoms with Crippen LogP contribution in [0, 0.1) is 11.8 Å². The number of amides is 1. The second-order valence-corrected chi connectivity index (χ2v) is 4.91. The standard InChI is InChI=1S/C16H20ClNO2/c1-2-3-4-8-16(20)18-15-12-14(17)10-9-13(15)7-5-6-11-19/h9-10,12,19H,2-4,6,8,11H2,1H3,(H,18,20). The molecule has 0 saturated carbocycles. The van der Waals surface area contributed by atoms with E-state index >= 15 is 0 Å². The molecular formula is C16H20ClNO2. The van der Waals surface area contributed by atoms with Gasteiger partial charge in [0.2, 0.25) is 5.91 Å². The number of anilines is 1. The van der Waals surface area contributed by atoms with Gasteiger partial charge in [0.25, 0.3) is 0 Å². The SMILES string of the molecule is CCCCCC(=O)Nc1cc(Cl)ccc1C#CCCO. The highest BCUT2D eigenvalue weighted by molar-refractivity contribution is 6.31. The molecule has 3 nitrogen and oxygen atoms in total. The van der Waals surface area contributed by atoms with Crippen molar-refractivity contribution in [1.82, 2.24) is 0 Å². The highest BCUT2D eigenvalue weighted by Gasteiger charge is 2.06. The number of unbranched alkanes of at least 4 members (excludes halogenated alkanes) is 2. The highest BCUT2D eigenvalue weighted by atomic mass is 35.5. The molecule has 0 fully saturated rings. The van der Waals surface area contributed by atoms with Gasteiger partial charge >= 0.3 is 0 Å². The van der Waals surface area contributed by atoms with Crippen molar-refractivity contribution in [3.05, 3.63) is 28.8 Å². The molecule has 1 aromatic carbocycles. The van der Waals surface area contributed by atoms with E-state index < -0.39 is 0 Å². The summed E-state index contributed by atoms with van der Waals surface area (Å²) in [7, 11) is 0. The van der Waals surface area contributed by atoms with Crippen LogP contribution in [-0.4, -0.2) is 17.6 Å². The van der Waals surface area contributed by atoms with Crippen LogP contribution in [0.2, 0.25) is 5.02 Å². The van der Waals surface area contributed by atoms with Gasteiger partial charge in [-0.1, -0.05) is 43.2 Å². The molecule has 0 aliphatic heterocycles. The second-order valence-electron chi connectivity index (χ2n) is 4.47. The van der Waals surface area contributed by atoms with Gasteiger partial charge in [-0.25, -0.2) is 0 Å². The van der Waals surface area contributed by atoms with Crippen LogP contribution in [0.15, 0.2) is 18.2 Å². The van der Waals surface area contributed by atoms with Crippen molar-refractivity contribution in [3.8, 4) is 11.8 Å². The third-order valence-corrected chi connectivity index (χ3v) is 2.96. The highest BCUT2D eigenvalue weighted by Crippen LogP contribution is 2.21. The number of aliphatic hydroxyl groups excluding tert-OH is 1. The Morgan fingerprint density at radius 3 is 2.90 bits per heavy atom. The molecule has 0 aromatic heterocycles. The summed E-state index contributed by atoms with van der Waals surface area (Å²) in [6.45, 7) is 2.13. The molecular weight excluding hydrogens is 274 g/mol. The summed E-state index contributed by atoms with van der Waals surface area (Å²) in [6, 6.07) is 5.20. The van der Waals surface area contributed by atoms with Crippen molar-refractivity contribution in [3.63, 3.8) is 0 Å². The van der Waals surface area contributed by atoms with Crippen molar-refractivity contribution in [2.75, 3.05) is 11.9 Å². The third kappa shape index (κ3) is 6.10. The Bertz CT molecular complexity index is 503. The van der Waals surface area contributed by atoms with Crippen molar-refractivity contribution in [2.24, 2.45) is 0 Å². The smallest absolute Gasteiger partial charge is 0.224 e. The first-order valence-corrected chi connectivity index (χ1v) is 7.24. The molecule has 0 unspecified atom stereocenters. The number of benzene rings is 1. The van der Waals surface area contributed by atoms with E-state index in [0.29, 0.717) is 29.1 Å². The minimum absolute atomic E-state index is 0.0223. The van der Waals surface area contributed by atoms with Crippen molar-refractivity contribution >= 4 is 23.2 Å². The molecule has 0 atom stereocenters. The zero-order valence-corrected chi connectivity index (χ0v) is 12.5. The van der Waals surface area contributed by atoms with E-state index in [-0.39, 0.29) is 12.5 Å². The summed E-state index contributed by atoms with van der Waals surface area (Å²) in [5, 5.41) is 12.1. The molecule has 1 rings (SSSR count). The van der Waals surface area contributed by atoms with Crippen molar-refractivity contribution < 1.29 is 9.90 Å². The Morgan fingerprint density at radius 2 is 2.20 bits per heavy atom. The van der Waals surface area contributed by atoms with Crippen molar-refractivity contribution in [2.45, 2.75) is 39.0 Å². The van der Waals surface area contributed by atoms with Crippen LogP contribution in [0.3, 0.4) is 0 Å². The van der Waals surface area contributed by atoms with Gasteiger partial charge in [0.15, 0.2) is 0 Å². The van der Waals surface area contributed by atoms with E-state index in [4.69, 9.17) is 16.7 Å². The quantitative estimate of drug-likeness (QED) is 0.622. The fraction of sp³-hybridized carbons (Fsp3) is 0.438. The maximum Gasteiger partial charge on any atom is 0.224 e. The van der Waals surface area contributed by atoms with Crippen molar-refractivity contribution in [1.29, 1.82) is 0 Å². The lowest BCUT2D eigenvalue weighted by atomic mass is 10.1. The minimum atomic E-state index is -0.0223. The van der Waals surface area contributed by atoms with E-state index in [2.05, 4.69) is 24.1 Å². The van der Waals surface area contributed by atoms with Gasteiger partial charge in [-0.05, 0) is 24.6 Å². The molecule has 0 aliphatic carbocycles. The molecule has 0 saturated heterocycles. The summed E-state index contributed by atoms with van der Waals surface area (Å²) in [5.41, 5.74) is 1.34. The molecule has 20 heavy (non-hydrogen) atoms. The third-order valence-electron chi connectivity index (χ3n) is 2.72. The van der Waals surface area contributed by atoms with Crippen LogP contribution in [0.1, 0.15) is 44.6 Å². The van der Waals surface area contributed by atoms with Crippen LogP contribution in [0.25, 0.3) is 0 Å². The number of carbonyl (C=O) groups excluding carboxylic acids is 1. The minimum Gasteiger partial charge on any atom is -0.395 e. The summed E-state index contributed by atoms with van der Waals surface area (Å²) in [5.74, 6) is 5.75.